The van der Waals surface area contributed by atoms with Crippen LogP contribution in [-0.4, -0.2) is 22.7 Å². The van der Waals surface area contributed by atoms with Crippen LogP contribution in [0.4, 0.5) is 14.5 Å². The van der Waals surface area contributed by atoms with E-state index in [1.54, 1.807) is 0 Å². The Balaban J connectivity index is 2.18. The second-order valence-corrected chi connectivity index (χ2v) is 6.53. The quantitative estimate of drug-likeness (QED) is 0.644. The highest BCUT2D eigenvalue weighted by molar-refractivity contribution is 9.10. The van der Waals surface area contributed by atoms with Gasteiger partial charge in [-0.15, -0.1) is 0 Å². The summed E-state index contributed by atoms with van der Waals surface area (Å²) in [5.41, 5.74) is 10.9. The normalized spacial score (nSPS) is 20.4. The van der Waals surface area contributed by atoms with Gasteiger partial charge in [-0.2, -0.15) is 9.38 Å². The number of phenols is 1. The molecule has 0 saturated heterocycles. The monoisotopic (exact) mass is 387 g/mol. The average molecular weight is 388 g/mol. The van der Waals surface area contributed by atoms with Gasteiger partial charge in [0.1, 0.15) is 5.66 Å². The molecule has 1 aliphatic carbocycles. The number of hydrogen-bond acceptors (Lipinski definition) is 6. The first-order chi connectivity index (χ1) is 10.9. The largest absolute Gasteiger partial charge is 0.503 e. The Morgan fingerprint density at radius 1 is 1.17 bits per heavy atom. The lowest BCUT2D eigenvalue weighted by atomic mass is 9.87. The maximum absolute atomic E-state index is 13.9. The Morgan fingerprint density at radius 2 is 1.83 bits per heavy atom. The first-order valence-electron chi connectivity index (χ1n) is 7.22. The molecule has 1 spiro atoms. The van der Waals surface area contributed by atoms with Gasteiger partial charge in [-0.25, -0.2) is 9.38 Å². The van der Waals surface area contributed by atoms with E-state index in [1.807, 2.05) is 0 Å². The molecule has 0 unspecified atom stereocenters. The highest BCUT2D eigenvalue weighted by Gasteiger charge is 2.44. The van der Waals surface area contributed by atoms with Crippen LogP contribution in [0.1, 0.15) is 32.1 Å². The number of anilines is 1. The van der Waals surface area contributed by atoms with Gasteiger partial charge >= 0.3 is 0 Å². The number of rotatable bonds is 1. The van der Waals surface area contributed by atoms with Gasteiger partial charge in [0.15, 0.2) is 11.6 Å². The summed E-state index contributed by atoms with van der Waals surface area (Å²) in [7, 11) is 0. The first-order valence-corrected chi connectivity index (χ1v) is 8.01. The standard InChI is InChI=1S/C14H16BrF2N5O/c15-7-6-8(11(23)10(17)9(7)16)22-13(19)20-12(18)21-14(22)4-2-1-3-5-14/h6,23H,1-5H2,(H4,18,19,20,21). The van der Waals surface area contributed by atoms with Crippen LogP contribution in [-0.2, 0) is 0 Å². The predicted octanol–water partition coefficient (Wildman–Crippen LogP) is 2.54. The number of aromatic hydroxyl groups is 1. The minimum absolute atomic E-state index is 0.00684. The van der Waals surface area contributed by atoms with Gasteiger partial charge in [0.05, 0.1) is 10.2 Å². The second-order valence-electron chi connectivity index (χ2n) is 5.67. The van der Waals surface area contributed by atoms with E-state index in [0.717, 1.165) is 19.3 Å². The Morgan fingerprint density at radius 3 is 2.48 bits per heavy atom. The van der Waals surface area contributed by atoms with Gasteiger partial charge in [-0.3, -0.25) is 4.90 Å². The van der Waals surface area contributed by atoms with E-state index in [4.69, 9.17) is 11.5 Å². The Labute approximate surface area is 140 Å². The van der Waals surface area contributed by atoms with Crippen molar-refractivity contribution in [3.05, 3.63) is 22.2 Å². The van der Waals surface area contributed by atoms with Crippen LogP contribution >= 0.6 is 15.9 Å². The number of halogens is 3. The van der Waals surface area contributed by atoms with E-state index in [9.17, 15) is 13.9 Å². The van der Waals surface area contributed by atoms with E-state index in [-0.39, 0.29) is 22.1 Å². The molecule has 1 aromatic carbocycles. The van der Waals surface area contributed by atoms with Crippen molar-refractivity contribution in [3.63, 3.8) is 0 Å². The van der Waals surface area contributed by atoms with Gasteiger partial charge in [-0.1, -0.05) is 6.42 Å². The van der Waals surface area contributed by atoms with Crippen LogP contribution in [0.3, 0.4) is 0 Å². The molecule has 1 saturated carbocycles. The summed E-state index contributed by atoms with van der Waals surface area (Å²) in [6, 6.07) is 1.27. The average Bonchev–Trinajstić information content (AvgIpc) is 2.50. The number of benzene rings is 1. The molecule has 9 heteroatoms. The SMILES string of the molecule is NC1=NC2(CCCCC2)N(c2cc(Br)c(F)c(F)c2O)C(N)=N1. The van der Waals surface area contributed by atoms with Crippen molar-refractivity contribution in [1.29, 1.82) is 0 Å². The maximum atomic E-state index is 13.9. The van der Waals surface area contributed by atoms with Crippen LogP contribution in [0.5, 0.6) is 5.75 Å². The molecule has 1 heterocycles. The van der Waals surface area contributed by atoms with Crippen molar-refractivity contribution >= 4 is 33.5 Å². The van der Waals surface area contributed by atoms with Gasteiger partial charge in [0.2, 0.25) is 17.7 Å². The van der Waals surface area contributed by atoms with Crippen LogP contribution < -0.4 is 16.4 Å². The molecular formula is C14H16BrF2N5O. The zero-order valence-corrected chi connectivity index (χ0v) is 13.8. The molecule has 6 nitrogen and oxygen atoms in total. The van der Waals surface area contributed by atoms with Crippen LogP contribution in [0.25, 0.3) is 0 Å². The van der Waals surface area contributed by atoms with Crippen LogP contribution in [0.15, 0.2) is 20.5 Å². The van der Waals surface area contributed by atoms with Crippen molar-refractivity contribution in [2.75, 3.05) is 4.90 Å². The molecule has 0 amide bonds. The Bertz CT molecular complexity index is 716. The zero-order valence-electron chi connectivity index (χ0n) is 12.2. The highest BCUT2D eigenvalue weighted by atomic mass is 79.9. The minimum atomic E-state index is -1.35. The molecule has 2 aliphatic rings. The smallest absolute Gasteiger partial charge is 0.220 e. The molecule has 0 bridgehead atoms. The van der Waals surface area contributed by atoms with Crippen molar-refractivity contribution in [1.82, 2.24) is 0 Å². The predicted molar refractivity (Wildman–Crippen MR) is 87.3 cm³/mol. The topological polar surface area (TPSA) is 100 Å². The number of guanidine groups is 2. The third kappa shape index (κ3) is 2.52. The van der Waals surface area contributed by atoms with Crippen molar-refractivity contribution in [2.45, 2.75) is 37.8 Å². The molecule has 0 radical (unpaired) electrons. The van der Waals surface area contributed by atoms with Gasteiger partial charge in [-0.05, 0) is 47.7 Å². The summed E-state index contributed by atoms with van der Waals surface area (Å²) in [5, 5.41) is 10.1. The van der Waals surface area contributed by atoms with Crippen LogP contribution in [0.2, 0.25) is 0 Å². The van der Waals surface area contributed by atoms with E-state index < -0.39 is 23.0 Å². The molecule has 23 heavy (non-hydrogen) atoms. The van der Waals surface area contributed by atoms with E-state index in [0.29, 0.717) is 12.8 Å². The lowest BCUT2D eigenvalue weighted by molar-refractivity contribution is 0.302. The lowest BCUT2D eigenvalue weighted by Crippen LogP contribution is -2.58. The molecule has 1 aliphatic heterocycles. The summed E-state index contributed by atoms with van der Waals surface area (Å²) in [6.45, 7) is 0. The zero-order chi connectivity index (χ0) is 16.8. The fourth-order valence-corrected chi connectivity index (χ4v) is 3.60. The van der Waals surface area contributed by atoms with Gasteiger partial charge in [0.25, 0.3) is 0 Å². The van der Waals surface area contributed by atoms with E-state index in [2.05, 4.69) is 25.9 Å². The Hall–Kier alpha value is -1.90. The Kier molecular flexibility index (Phi) is 3.91. The van der Waals surface area contributed by atoms with Gasteiger partial charge < -0.3 is 16.6 Å². The molecule has 0 aromatic heterocycles. The number of nitrogens with two attached hydrogens (primary N) is 2. The maximum Gasteiger partial charge on any atom is 0.220 e. The summed E-state index contributed by atoms with van der Waals surface area (Å²) < 4.78 is 27.4. The molecule has 124 valence electrons. The molecule has 1 aromatic rings. The molecule has 0 atom stereocenters. The number of aliphatic imine (C=N–C) groups is 2. The number of hydrogen-bond donors (Lipinski definition) is 3. The summed E-state index contributed by atoms with van der Waals surface area (Å²) in [4.78, 5) is 9.78. The summed E-state index contributed by atoms with van der Waals surface area (Å²) in [5.74, 6) is -3.31. The number of phenolic OH excluding ortho intramolecular Hbond substituents is 1. The second kappa shape index (κ2) is 5.63. The summed E-state index contributed by atoms with van der Waals surface area (Å²) in [6.07, 6.45) is 4.05. The lowest BCUT2D eigenvalue weighted by Gasteiger charge is -2.45. The third-order valence-corrected chi connectivity index (χ3v) is 4.79. The van der Waals surface area contributed by atoms with Crippen molar-refractivity contribution in [2.24, 2.45) is 21.5 Å². The molecular weight excluding hydrogens is 372 g/mol. The highest BCUT2D eigenvalue weighted by Crippen LogP contribution is 2.44. The van der Waals surface area contributed by atoms with Gasteiger partial charge in [0, 0.05) is 0 Å². The number of nitrogens with zero attached hydrogens (tertiary/aromatic N) is 3. The molecule has 1 fully saturated rings. The minimum Gasteiger partial charge on any atom is -0.503 e. The van der Waals surface area contributed by atoms with Crippen molar-refractivity contribution < 1.29 is 13.9 Å². The van der Waals surface area contributed by atoms with E-state index in [1.165, 1.54) is 11.0 Å². The first kappa shape index (κ1) is 16.0. The van der Waals surface area contributed by atoms with Crippen molar-refractivity contribution in [3.8, 4) is 5.75 Å². The fourth-order valence-electron chi connectivity index (χ4n) is 3.21. The van der Waals surface area contributed by atoms with Crippen LogP contribution in [0, 0.1) is 11.6 Å². The molecule has 3 rings (SSSR count). The molecule has 5 N–H and O–H groups in total. The van der Waals surface area contributed by atoms with E-state index >= 15 is 0 Å². The third-order valence-electron chi connectivity index (χ3n) is 4.21. The fraction of sp³-hybridized carbons (Fsp3) is 0.429. The summed E-state index contributed by atoms with van der Waals surface area (Å²) >= 11 is 2.95.